The molecule has 9 heteroatoms. The van der Waals surface area contributed by atoms with Gasteiger partial charge in [-0.3, -0.25) is 19.3 Å². The zero-order valence-corrected chi connectivity index (χ0v) is 19.5. The molecule has 0 fully saturated rings. The van der Waals surface area contributed by atoms with Crippen LogP contribution in [0.25, 0.3) is 10.8 Å². The van der Waals surface area contributed by atoms with Crippen molar-refractivity contribution >= 4 is 34.4 Å². The number of fused-ring (bicyclic) bond motifs is 1. The van der Waals surface area contributed by atoms with Crippen molar-refractivity contribution in [1.29, 1.82) is 0 Å². The third-order valence-electron chi connectivity index (χ3n) is 5.73. The van der Waals surface area contributed by atoms with Gasteiger partial charge in [0.05, 0.1) is 12.7 Å². The Morgan fingerprint density at radius 2 is 1.74 bits per heavy atom. The van der Waals surface area contributed by atoms with Crippen LogP contribution in [0.5, 0.6) is 0 Å². The second kappa shape index (κ2) is 10.8. The van der Waals surface area contributed by atoms with Crippen LogP contribution < -0.4 is 11.1 Å². The van der Waals surface area contributed by atoms with E-state index in [4.69, 9.17) is 10.8 Å². The number of anilines is 1. The minimum Gasteiger partial charge on any atom is -0.480 e. The fraction of sp³-hybridized carbons (Fsp3) is 0.280. The maximum Gasteiger partial charge on any atom is 0.317 e. The third kappa shape index (κ3) is 5.68. The number of amides is 2. The van der Waals surface area contributed by atoms with Crippen molar-refractivity contribution in [3.8, 4) is 0 Å². The number of aliphatic carboxylic acids is 1. The molecular formula is C25H29N5O4. The van der Waals surface area contributed by atoms with E-state index in [2.05, 4.69) is 10.3 Å². The summed E-state index contributed by atoms with van der Waals surface area (Å²) in [5.74, 6) is -1.03. The Bertz CT molecular complexity index is 1200. The Balaban J connectivity index is 1.64. The molecule has 2 aromatic carbocycles. The molecule has 0 saturated carbocycles. The number of nitrogens with one attached hydrogen (secondary N) is 1. The molecule has 4 N–H and O–H groups in total. The Morgan fingerprint density at radius 3 is 2.38 bits per heavy atom. The summed E-state index contributed by atoms with van der Waals surface area (Å²) in [6.07, 6.45) is 1.86. The van der Waals surface area contributed by atoms with E-state index in [1.165, 1.54) is 4.90 Å². The molecule has 0 bridgehead atoms. The fourth-order valence-electron chi connectivity index (χ4n) is 3.94. The maximum atomic E-state index is 12.9. The number of rotatable bonds is 9. The van der Waals surface area contributed by atoms with Crippen molar-refractivity contribution in [3.63, 3.8) is 0 Å². The smallest absolute Gasteiger partial charge is 0.317 e. The molecule has 0 aliphatic carbocycles. The van der Waals surface area contributed by atoms with E-state index in [9.17, 15) is 14.4 Å². The number of likely N-dealkylation sites (N-methyl/N-ethyl adjacent to an activating group) is 1. The highest BCUT2D eigenvalue weighted by molar-refractivity contribution is 5.98. The lowest BCUT2D eigenvalue weighted by Crippen LogP contribution is -2.48. The van der Waals surface area contributed by atoms with E-state index < -0.39 is 5.97 Å². The van der Waals surface area contributed by atoms with Crippen molar-refractivity contribution in [2.24, 2.45) is 0 Å². The van der Waals surface area contributed by atoms with Crippen LogP contribution >= 0.6 is 0 Å². The number of hydrogen-bond donors (Lipinski definition) is 3. The molecule has 3 aromatic rings. The minimum absolute atomic E-state index is 0.171. The standard InChI is InChI=1S/C25H29N5O4/c1-4-21(29(2)15-22(31)32)30(3)25(34)19-9-7-18(8-10-19)24(33)28-14-16-5-6-17-11-12-27-23(26)20(17)13-16/h5-13,21H,4,14-15H2,1-3H3,(H2,26,27)(H,28,33)(H,31,32). The zero-order chi connectivity index (χ0) is 24.8. The summed E-state index contributed by atoms with van der Waals surface area (Å²) in [5, 5.41) is 13.7. The number of nitrogens with zero attached hydrogens (tertiary/aromatic N) is 3. The molecule has 0 aliphatic rings. The number of nitrogens with two attached hydrogens (primary N) is 1. The molecule has 0 saturated heterocycles. The summed E-state index contributed by atoms with van der Waals surface area (Å²) in [6, 6.07) is 14.0. The van der Waals surface area contributed by atoms with Gasteiger partial charge in [0.15, 0.2) is 0 Å². The largest absolute Gasteiger partial charge is 0.480 e. The van der Waals surface area contributed by atoms with Gasteiger partial charge in [-0.15, -0.1) is 0 Å². The fourth-order valence-corrected chi connectivity index (χ4v) is 3.94. The number of benzene rings is 2. The SMILES string of the molecule is CCC(N(C)CC(=O)O)N(C)C(=O)c1ccc(C(=O)NCc2ccc3ccnc(N)c3c2)cc1. The molecule has 34 heavy (non-hydrogen) atoms. The quantitative estimate of drug-likeness (QED) is 0.416. The van der Waals surface area contributed by atoms with E-state index >= 15 is 0 Å². The van der Waals surface area contributed by atoms with Gasteiger partial charge in [-0.2, -0.15) is 0 Å². The molecule has 9 nitrogen and oxygen atoms in total. The monoisotopic (exact) mass is 463 g/mol. The molecule has 0 spiro atoms. The van der Waals surface area contributed by atoms with E-state index in [1.807, 2.05) is 31.2 Å². The van der Waals surface area contributed by atoms with E-state index in [1.54, 1.807) is 49.5 Å². The highest BCUT2D eigenvalue weighted by Crippen LogP contribution is 2.20. The van der Waals surface area contributed by atoms with Crippen molar-refractivity contribution in [2.45, 2.75) is 26.1 Å². The van der Waals surface area contributed by atoms with Crippen LogP contribution in [0, 0.1) is 0 Å². The first-order valence-electron chi connectivity index (χ1n) is 10.9. The number of carbonyl (C=O) groups is 3. The predicted molar refractivity (Wildman–Crippen MR) is 130 cm³/mol. The number of carbonyl (C=O) groups excluding carboxylic acids is 2. The number of nitrogen functional groups attached to an aromatic ring is 1. The Morgan fingerprint density at radius 1 is 1.06 bits per heavy atom. The lowest BCUT2D eigenvalue weighted by molar-refractivity contribution is -0.139. The average Bonchev–Trinajstić information content (AvgIpc) is 2.82. The second-order valence-electron chi connectivity index (χ2n) is 8.13. The van der Waals surface area contributed by atoms with Crippen LogP contribution in [0.15, 0.2) is 54.7 Å². The number of carboxylic acid groups (broad SMARTS) is 1. The van der Waals surface area contributed by atoms with Crippen molar-refractivity contribution in [1.82, 2.24) is 20.1 Å². The summed E-state index contributed by atoms with van der Waals surface area (Å²) in [5.41, 5.74) is 7.67. The van der Waals surface area contributed by atoms with Crippen LogP contribution in [-0.4, -0.2) is 64.5 Å². The number of hydrogen-bond acceptors (Lipinski definition) is 6. The molecule has 1 unspecified atom stereocenters. The molecule has 0 aliphatic heterocycles. The summed E-state index contributed by atoms with van der Waals surface area (Å²) < 4.78 is 0. The van der Waals surface area contributed by atoms with Gasteiger partial charge in [0.2, 0.25) is 0 Å². The van der Waals surface area contributed by atoms with Gasteiger partial charge in [0.25, 0.3) is 11.8 Å². The van der Waals surface area contributed by atoms with Gasteiger partial charge in [0, 0.05) is 36.3 Å². The van der Waals surface area contributed by atoms with Crippen LogP contribution in [0.1, 0.15) is 39.6 Å². The minimum atomic E-state index is -0.957. The Hall–Kier alpha value is -3.98. The number of aromatic nitrogens is 1. The Kier molecular flexibility index (Phi) is 7.80. The molecule has 1 aromatic heterocycles. The lowest BCUT2D eigenvalue weighted by Gasteiger charge is -2.34. The molecule has 1 heterocycles. The van der Waals surface area contributed by atoms with Crippen LogP contribution in [-0.2, 0) is 11.3 Å². The van der Waals surface area contributed by atoms with Crippen molar-refractivity contribution in [3.05, 3.63) is 71.4 Å². The second-order valence-corrected chi connectivity index (χ2v) is 8.13. The van der Waals surface area contributed by atoms with Gasteiger partial charge in [-0.05, 0) is 60.8 Å². The molecular weight excluding hydrogens is 434 g/mol. The summed E-state index contributed by atoms with van der Waals surface area (Å²) >= 11 is 0. The van der Waals surface area contributed by atoms with E-state index in [0.29, 0.717) is 29.9 Å². The highest BCUT2D eigenvalue weighted by atomic mass is 16.4. The normalized spacial score (nSPS) is 11.9. The zero-order valence-electron chi connectivity index (χ0n) is 19.5. The molecule has 178 valence electrons. The topological polar surface area (TPSA) is 129 Å². The van der Waals surface area contributed by atoms with Crippen LogP contribution in [0.3, 0.4) is 0 Å². The van der Waals surface area contributed by atoms with Crippen LogP contribution in [0.2, 0.25) is 0 Å². The molecule has 3 rings (SSSR count). The predicted octanol–water partition coefficient (Wildman–Crippen LogP) is 2.57. The highest BCUT2D eigenvalue weighted by Gasteiger charge is 2.24. The average molecular weight is 464 g/mol. The van der Waals surface area contributed by atoms with Gasteiger partial charge < -0.3 is 21.1 Å². The van der Waals surface area contributed by atoms with Crippen LogP contribution in [0.4, 0.5) is 5.82 Å². The third-order valence-corrected chi connectivity index (χ3v) is 5.73. The maximum absolute atomic E-state index is 12.9. The van der Waals surface area contributed by atoms with Crippen molar-refractivity contribution in [2.75, 3.05) is 26.4 Å². The number of carboxylic acids is 1. The molecule has 1 atom stereocenters. The first kappa shape index (κ1) is 24.7. The summed E-state index contributed by atoms with van der Waals surface area (Å²) in [7, 11) is 3.31. The van der Waals surface area contributed by atoms with Gasteiger partial charge >= 0.3 is 5.97 Å². The van der Waals surface area contributed by atoms with E-state index in [0.717, 1.165) is 16.3 Å². The molecule has 0 radical (unpaired) electrons. The first-order valence-corrected chi connectivity index (χ1v) is 10.9. The first-order chi connectivity index (χ1) is 16.2. The number of pyridine rings is 1. The van der Waals surface area contributed by atoms with Gasteiger partial charge in [-0.1, -0.05) is 19.1 Å². The van der Waals surface area contributed by atoms with Crippen molar-refractivity contribution < 1.29 is 19.5 Å². The molecule has 2 amide bonds. The van der Waals surface area contributed by atoms with Gasteiger partial charge in [0.1, 0.15) is 5.82 Å². The Labute approximate surface area is 198 Å². The van der Waals surface area contributed by atoms with Gasteiger partial charge in [-0.25, -0.2) is 4.98 Å². The summed E-state index contributed by atoms with van der Waals surface area (Å²) in [4.78, 5) is 43.7. The summed E-state index contributed by atoms with van der Waals surface area (Å²) in [6.45, 7) is 2.04. The lowest BCUT2D eigenvalue weighted by atomic mass is 10.1. The van der Waals surface area contributed by atoms with E-state index in [-0.39, 0.29) is 24.5 Å².